The number of Topliss-reactive ketones (excluding diaryl/α,β-unsaturated/α-hetero) is 3. The van der Waals surface area contributed by atoms with Crippen LogP contribution in [-0.2, 0) is 14.4 Å². The maximum absolute atomic E-state index is 15.0. The maximum Gasteiger partial charge on any atom is 0.184 e. The third-order valence-corrected chi connectivity index (χ3v) is 9.82. The van der Waals surface area contributed by atoms with Crippen molar-refractivity contribution in [3.8, 4) is 11.5 Å². The second-order valence-corrected chi connectivity index (χ2v) is 14.1. The summed E-state index contributed by atoms with van der Waals surface area (Å²) in [5.41, 5.74) is -0.0424. The summed E-state index contributed by atoms with van der Waals surface area (Å²) in [6.07, 6.45) is 10.9. The fraction of sp³-hybridized carbons (Fsp3) is 0.500. The summed E-state index contributed by atoms with van der Waals surface area (Å²) in [5, 5.41) is 31.6. The van der Waals surface area contributed by atoms with Crippen LogP contribution in [0.5, 0.6) is 11.5 Å². The molecule has 1 aromatic rings. The second-order valence-electron chi connectivity index (χ2n) is 14.1. The van der Waals surface area contributed by atoms with Gasteiger partial charge in [-0.15, -0.1) is 0 Å². The summed E-state index contributed by atoms with van der Waals surface area (Å²) in [6.45, 7) is 17.8. The first-order valence-corrected chi connectivity index (χ1v) is 15.6. The van der Waals surface area contributed by atoms with Gasteiger partial charge >= 0.3 is 0 Å². The number of allylic oxidation sites excluding steroid dienone is 9. The third kappa shape index (κ3) is 6.27. The molecule has 0 unspecified atom stereocenters. The van der Waals surface area contributed by atoms with Gasteiger partial charge in [0.1, 0.15) is 16.7 Å². The fourth-order valence-corrected chi connectivity index (χ4v) is 6.86. The van der Waals surface area contributed by atoms with E-state index < -0.39 is 50.6 Å². The number of phenolic OH excluding ortho intramolecular Hbond substituents is 2. The van der Waals surface area contributed by atoms with E-state index in [2.05, 4.69) is 12.2 Å². The number of aliphatic hydroxyl groups is 1. The van der Waals surface area contributed by atoms with Gasteiger partial charge in [0, 0.05) is 5.56 Å². The van der Waals surface area contributed by atoms with E-state index in [1.54, 1.807) is 0 Å². The monoisotopic (exact) mass is 602 g/mol. The molecule has 2 fully saturated rings. The zero-order chi connectivity index (χ0) is 33.2. The predicted molar refractivity (Wildman–Crippen MR) is 176 cm³/mol. The Balaban J connectivity index is 2.37. The van der Waals surface area contributed by atoms with Crippen LogP contribution in [0.1, 0.15) is 106 Å². The first-order valence-electron chi connectivity index (χ1n) is 15.6. The minimum absolute atomic E-state index is 0.0179. The molecule has 0 amide bonds. The van der Waals surface area contributed by atoms with Crippen molar-refractivity contribution in [3.63, 3.8) is 0 Å². The summed E-state index contributed by atoms with van der Waals surface area (Å²) in [5.74, 6) is -3.35. The molecule has 44 heavy (non-hydrogen) atoms. The lowest BCUT2D eigenvalue weighted by Crippen LogP contribution is -2.69. The van der Waals surface area contributed by atoms with Crippen LogP contribution in [-0.4, -0.2) is 32.7 Å². The van der Waals surface area contributed by atoms with Gasteiger partial charge < -0.3 is 15.3 Å². The standard InChI is InChI=1S/C38H50O6/c1-23(2)11-10-12-26(7)18-19-37-22-28(15-13-24(3)4)36(8,9)38(35(37)44,20-17-25(5)6)34(43)31(33(37)42)32(41)27-14-16-29(39)30(40)21-27/h11,13-14,16-18,21,28,39-41H,10,12,15,19-20,22H2,1-9H3/t28-,37-,38+/m0/s1. The van der Waals surface area contributed by atoms with Crippen molar-refractivity contribution >= 4 is 23.1 Å². The number of carbonyl (C=O) groups is 3. The van der Waals surface area contributed by atoms with Crippen molar-refractivity contribution in [2.24, 2.45) is 22.2 Å². The fourth-order valence-electron chi connectivity index (χ4n) is 6.86. The quantitative estimate of drug-likeness (QED) is 0.0616. The highest BCUT2D eigenvalue weighted by atomic mass is 16.3. The Bertz CT molecular complexity index is 1480. The Morgan fingerprint density at radius 3 is 2.00 bits per heavy atom. The number of ketones is 3. The highest BCUT2D eigenvalue weighted by molar-refractivity contribution is 6.41. The lowest BCUT2D eigenvalue weighted by molar-refractivity contribution is -0.176. The normalized spacial score (nSPS) is 25.8. The molecule has 2 aliphatic rings. The Morgan fingerprint density at radius 2 is 1.43 bits per heavy atom. The second kappa shape index (κ2) is 13.1. The third-order valence-electron chi connectivity index (χ3n) is 9.82. The molecule has 6 nitrogen and oxygen atoms in total. The predicted octanol–water partition coefficient (Wildman–Crippen LogP) is 8.90. The number of aliphatic hydroxyl groups excluding tert-OH is 1. The van der Waals surface area contributed by atoms with Crippen molar-refractivity contribution in [1.82, 2.24) is 0 Å². The Hall–Kier alpha value is -3.67. The number of fused-ring (bicyclic) bond motifs is 2. The van der Waals surface area contributed by atoms with Gasteiger partial charge in [-0.2, -0.15) is 0 Å². The topological polar surface area (TPSA) is 112 Å². The molecular formula is C38H50O6. The zero-order valence-electron chi connectivity index (χ0n) is 27.9. The molecule has 0 aromatic heterocycles. The summed E-state index contributed by atoms with van der Waals surface area (Å²) in [4.78, 5) is 44.5. The molecule has 0 heterocycles. The molecule has 2 bridgehead atoms. The van der Waals surface area contributed by atoms with Crippen LogP contribution in [0.25, 0.3) is 5.76 Å². The number of hydrogen-bond acceptors (Lipinski definition) is 6. The van der Waals surface area contributed by atoms with E-state index in [0.717, 1.165) is 35.6 Å². The molecule has 3 atom stereocenters. The molecule has 2 aliphatic carbocycles. The number of aromatic hydroxyl groups is 2. The summed E-state index contributed by atoms with van der Waals surface area (Å²) >= 11 is 0. The van der Waals surface area contributed by atoms with E-state index >= 15 is 4.79 Å². The lowest BCUT2D eigenvalue weighted by Gasteiger charge is -2.60. The molecule has 3 rings (SSSR count). The van der Waals surface area contributed by atoms with Crippen molar-refractivity contribution < 1.29 is 29.7 Å². The Morgan fingerprint density at radius 1 is 0.818 bits per heavy atom. The molecular weight excluding hydrogens is 552 g/mol. The molecule has 1 aromatic carbocycles. The van der Waals surface area contributed by atoms with Crippen LogP contribution >= 0.6 is 0 Å². The van der Waals surface area contributed by atoms with Gasteiger partial charge in [-0.3, -0.25) is 14.4 Å². The molecule has 238 valence electrons. The first kappa shape index (κ1) is 34.8. The average Bonchev–Trinajstić information content (AvgIpc) is 2.92. The van der Waals surface area contributed by atoms with Gasteiger partial charge in [-0.25, -0.2) is 0 Å². The average molecular weight is 603 g/mol. The molecule has 0 spiro atoms. The van der Waals surface area contributed by atoms with Crippen LogP contribution in [0.4, 0.5) is 0 Å². The number of rotatable bonds is 10. The summed E-state index contributed by atoms with van der Waals surface area (Å²) < 4.78 is 0. The lowest BCUT2D eigenvalue weighted by atomic mass is 9.38. The molecule has 0 saturated heterocycles. The highest BCUT2D eigenvalue weighted by Crippen LogP contribution is 2.65. The van der Waals surface area contributed by atoms with Gasteiger partial charge in [0.05, 0.1) is 5.41 Å². The molecule has 6 heteroatoms. The van der Waals surface area contributed by atoms with Crippen LogP contribution in [0, 0.1) is 22.2 Å². The Kier molecular flexibility index (Phi) is 10.4. The minimum Gasteiger partial charge on any atom is -0.506 e. The van der Waals surface area contributed by atoms with Crippen molar-refractivity contribution in [1.29, 1.82) is 0 Å². The molecule has 0 aliphatic heterocycles. The van der Waals surface area contributed by atoms with Crippen molar-refractivity contribution in [2.75, 3.05) is 0 Å². The SMILES string of the molecule is CC(C)=CCCC(C)=CC[C@]12C[C@H](CC=C(C)C)C(C)(C)[C@](CC=C(C)C)(C(=O)C(=C(O)c3ccc(O)c(O)c3)C1=O)C2=O. The molecule has 2 saturated carbocycles. The van der Waals surface area contributed by atoms with Gasteiger partial charge in [0.2, 0.25) is 0 Å². The number of benzene rings is 1. The van der Waals surface area contributed by atoms with Gasteiger partial charge in [0.15, 0.2) is 28.8 Å². The molecule has 3 N–H and O–H groups in total. The maximum atomic E-state index is 15.0. The smallest absolute Gasteiger partial charge is 0.184 e. The van der Waals surface area contributed by atoms with Crippen molar-refractivity contribution in [3.05, 3.63) is 75.9 Å². The van der Waals surface area contributed by atoms with E-state index in [0.29, 0.717) is 6.42 Å². The van der Waals surface area contributed by atoms with E-state index in [9.17, 15) is 24.9 Å². The first-order chi connectivity index (χ1) is 20.4. The van der Waals surface area contributed by atoms with E-state index in [-0.39, 0.29) is 36.5 Å². The van der Waals surface area contributed by atoms with E-state index in [1.165, 1.54) is 17.7 Å². The van der Waals surface area contributed by atoms with E-state index in [4.69, 9.17) is 0 Å². The number of phenols is 2. The van der Waals surface area contributed by atoms with Gasteiger partial charge in [0.25, 0.3) is 0 Å². The largest absolute Gasteiger partial charge is 0.506 e. The zero-order valence-corrected chi connectivity index (χ0v) is 27.9. The van der Waals surface area contributed by atoms with Gasteiger partial charge in [-0.05, 0) is 117 Å². The van der Waals surface area contributed by atoms with Crippen LogP contribution in [0.3, 0.4) is 0 Å². The Labute approximate surface area is 263 Å². The number of carbonyl (C=O) groups excluding carboxylic acids is 3. The highest BCUT2D eigenvalue weighted by Gasteiger charge is 2.73. The van der Waals surface area contributed by atoms with Crippen LogP contribution in [0.15, 0.2) is 70.4 Å². The van der Waals surface area contributed by atoms with Crippen LogP contribution in [0.2, 0.25) is 0 Å². The minimum atomic E-state index is -1.59. The molecule has 0 radical (unpaired) electrons. The van der Waals surface area contributed by atoms with Gasteiger partial charge in [-0.1, -0.05) is 60.4 Å². The van der Waals surface area contributed by atoms with Crippen LogP contribution < -0.4 is 0 Å². The summed E-state index contributed by atoms with van der Waals surface area (Å²) in [7, 11) is 0. The summed E-state index contributed by atoms with van der Waals surface area (Å²) in [6, 6.07) is 3.66. The van der Waals surface area contributed by atoms with Crippen molar-refractivity contribution in [2.45, 2.75) is 101 Å². The van der Waals surface area contributed by atoms with E-state index in [1.807, 2.05) is 74.5 Å². The number of hydrogen-bond donors (Lipinski definition) is 3.